The van der Waals surface area contributed by atoms with Crippen molar-refractivity contribution < 1.29 is 9.53 Å². The molecule has 0 radical (unpaired) electrons. The first-order valence-electron chi connectivity index (χ1n) is 8.33. The quantitative estimate of drug-likeness (QED) is 0.790. The third-order valence-electron chi connectivity index (χ3n) is 4.05. The number of amides is 1. The van der Waals surface area contributed by atoms with Gasteiger partial charge in [-0.3, -0.25) is 4.79 Å². The summed E-state index contributed by atoms with van der Waals surface area (Å²) in [7, 11) is 1.59. The summed E-state index contributed by atoms with van der Waals surface area (Å²) in [4.78, 5) is 14.6. The highest BCUT2D eigenvalue weighted by Gasteiger charge is 2.18. The van der Waals surface area contributed by atoms with E-state index in [0.717, 1.165) is 16.8 Å². The number of nitrogens with zero attached hydrogens (tertiary/aromatic N) is 1. The number of methoxy groups -OCH3 is 1. The van der Waals surface area contributed by atoms with E-state index < -0.39 is 0 Å². The van der Waals surface area contributed by atoms with Gasteiger partial charge in [-0.05, 0) is 38.0 Å². The van der Waals surface area contributed by atoms with Crippen LogP contribution in [0.25, 0.3) is 0 Å². The summed E-state index contributed by atoms with van der Waals surface area (Å²) in [6.45, 7) is 6.75. The number of benzene rings is 2. The maximum Gasteiger partial charge on any atom is 0.242 e. The molecule has 0 aromatic heterocycles. The summed E-state index contributed by atoms with van der Waals surface area (Å²) in [6, 6.07) is 13.8. The normalized spacial score (nSPS) is 10.6. The lowest BCUT2D eigenvalue weighted by Gasteiger charge is -2.27. The van der Waals surface area contributed by atoms with Gasteiger partial charge < -0.3 is 15.0 Å². The van der Waals surface area contributed by atoms with Crippen LogP contribution < -0.4 is 10.1 Å². The van der Waals surface area contributed by atoms with E-state index >= 15 is 0 Å². The summed E-state index contributed by atoms with van der Waals surface area (Å²) in [5.41, 5.74) is 2.81. The molecule has 1 N–H and O–H groups in total. The van der Waals surface area contributed by atoms with Crippen LogP contribution in [-0.4, -0.2) is 30.5 Å². The third kappa shape index (κ3) is 5.13. The van der Waals surface area contributed by atoms with Crippen LogP contribution in [0.1, 0.15) is 25.0 Å². The van der Waals surface area contributed by atoms with Crippen molar-refractivity contribution in [2.24, 2.45) is 0 Å². The van der Waals surface area contributed by atoms with E-state index in [2.05, 4.69) is 5.32 Å². The summed E-state index contributed by atoms with van der Waals surface area (Å²) in [6.07, 6.45) is 0. The molecule has 2 aromatic carbocycles. The molecular formula is C20H25ClN2O2. The van der Waals surface area contributed by atoms with Crippen LogP contribution in [0.3, 0.4) is 0 Å². The van der Waals surface area contributed by atoms with Gasteiger partial charge in [0.15, 0.2) is 0 Å². The number of carbonyl (C=O) groups is 1. The van der Waals surface area contributed by atoms with Crippen LogP contribution in [0.15, 0.2) is 42.5 Å². The average molecular weight is 361 g/mol. The van der Waals surface area contributed by atoms with Crippen LogP contribution in [0, 0.1) is 6.92 Å². The first-order valence-corrected chi connectivity index (χ1v) is 8.71. The lowest BCUT2D eigenvalue weighted by atomic mass is 10.2. The molecule has 1 amide bonds. The van der Waals surface area contributed by atoms with Crippen LogP contribution >= 0.6 is 11.6 Å². The number of carbonyl (C=O) groups excluding carboxylic acids is 1. The van der Waals surface area contributed by atoms with Crippen LogP contribution in [0.5, 0.6) is 5.75 Å². The van der Waals surface area contributed by atoms with Crippen molar-refractivity contribution in [1.82, 2.24) is 4.90 Å². The van der Waals surface area contributed by atoms with Gasteiger partial charge in [-0.15, -0.1) is 0 Å². The molecule has 2 aromatic rings. The van der Waals surface area contributed by atoms with Gasteiger partial charge in [0.1, 0.15) is 5.75 Å². The molecule has 25 heavy (non-hydrogen) atoms. The minimum Gasteiger partial charge on any atom is -0.495 e. The molecule has 0 saturated carbocycles. The van der Waals surface area contributed by atoms with Crippen LogP contribution in [0.2, 0.25) is 5.02 Å². The summed E-state index contributed by atoms with van der Waals surface area (Å²) in [5.74, 6) is 0.663. The van der Waals surface area contributed by atoms with Gasteiger partial charge in [0.25, 0.3) is 0 Å². The number of ether oxygens (including phenoxy) is 1. The van der Waals surface area contributed by atoms with E-state index in [-0.39, 0.29) is 18.5 Å². The fraction of sp³-hybridized carbons (Fsp3) is 0.350. The Balaban J connectivity index is 2.08. The second-order valence-electron chi connectivity index (χ2n) is 6.26. The SMILES string of the molecule is COc1cc(Cl)c(C)cc1NCC(=O)N(Cc1ccccc1)C(C)C. The van der Waals surface area contributed by atoms with Crippen molar-refractivity contribution in [2.45, 2.75) is 33.4 Å². The van der Waals surface area contributed by atoms with Crippen molar-refractivity contribution in [3.63, 3.8) is 0 Å². The Morgan fingerprint density at radius 2 is 1.92 bits per heavy atom. The minimum absolute atomic E-state index is 0.0357. The van der Waals surface area contributed by atoms with Crippen LogP contribution in [0.4, 0.5) is 5.69 Å². The van der Waals surface area contributed by atoms with Crippen LogP contribution in [-0.2, 0) is 11.3 Å². The maximum absolute atomic E-state index is 12.7. The Labute approximate surface area is 154 Å². The molecule has 0 heterocycles. The van der Waals surface area contributed by atoms with Crippen molar-refractivity contribution in [3.8, 4) is 5.75 Å². The average Bonchev–Trinajstić information content (AvgIpc) is 2.60. The van der Waals surface area contributed by atoms with Crippen molar-refractivity contribution in [3.05, 3.63) is 58.6 Å². The molecule has 4 nitrogen and oxygen atoms in total. The number of halogens is 1. The Hall–Kier alpha value is -2.20. The summed E-state index contributed by atoms with van der Waals surface area (Å²) < 4.78 is 5.35. The first-order chi connectivity index (χ1) is 11.9. The largest absolute Gasteiger partial charge is 0.495 e. The standard InChI is InChI=1S/C20H25ClN2O2/c1-14(2)23(13-16-8-6-5-7-9-16)20(24)12-22-18-10-15(3)17(21)11-19(18)25-4/h5-11,14,22H,12-13H2,1-4H3. The summed E-state index contributed by atoms with van der Waals surface area (Å²) in [5, 5.41) is 3.82. The van der Waals surface area contributed by atoms with Gasteiger partial charge in [0.2, 0.25) is 5.91 Å². The van der Waals surface area contributed by atoms with Gasteiger partial charge in [0, 0.05) is 23.7 Å². The van der Waals surface area contributed by atoms with Gasteiger partial charge >= 0.3 is 0 Å². The first kappa shape index (κ1) is 19.1. The molecule has 2 rings (SSSR count). The third-order valence-corrected chi connectivity index (χ3v) is 4.46. The van der Waals surface area contributed by atoms with E-state index in [4.69, 9.17) is 16.3 Å². The highest BCUT2D eigenvalue weighted by Crippen LogP contribution is 2.30. The molecule has 0 aliphatic rings. The molecule has 0 bridgehead atoms. The van der Waals surface area contributed by atoms with Gasteiger partial charge in [-0.2, -0.15) is 0 Å². The molecule has 0 spiro atoms. The predicted octanol–water partition coefficient (Wildman–Crippen LogP) is 4.51. The maximum atomic E-state index is 12.7. The second-order valence-corrected chi connectivity index (χ2v) is 6.66. The van der Waals surface area contributed by atoms with E-state index in [9.17, 15) is 4.79 Å². The number of hydrogen-bond donors (Lipinski definition) is 1. The molecule has 0 aliphatic carbocycles. The number of aryl methyl sites for hydroxylation is 1. The minimum atomic E-state index is 0.0357. The Morgan fingerprint density at radius 3 is 2.52 bits per heavy atom. The van der Waals surface area contributed by atoms with Crippen molar-refractivity contribution >= 4 is 23.2 Å². The lowest BCUT2D eigenvalue weighted by molar-refractivity contribution is -0.131. The Kier molecular flexibility index (Phi) is 6.71. The Morgan fingerprint density at radius 1 is 1.24 bits per heavy atom. The van der Waals surface area contributed by atoms with Crippen molar-refractivity contribution in [1.29, 1.82) is 0 Å². The van der Waals surface area contributed by atoms with E-state index in [1.165, 1.54) is 0 Å². The van der Waals surface area contributed by atoms with E-state index in [1.54, 1.807) is 13.2 Å². The highest BCUT2D eigenvalue weighted by molar-refractivity contribution is 6.31. The zero-order chi connectivity index (χ0) is 18.4. The predicted molar refractivity (Wildman–Crippen MR) is 103 cm³/mol. The molecule has 134 valence electrons. The number of rotatable bonds is 7. The monoisotopic (exact) mass is 360 g/mol. The highest BCUT2D eigenvalue weighted by atomic mass is 35.5. The smallest absolute Gasteiger partial charge is 0.242 e. The molecule has 0 atom stereocenters. The topological polar surface area (TPSA) is 41.6 Å². The second kappa shape index (κ2) is 8.77. The Bertz CT molecular complexity index is 717. The number of nitrogens with one attached hydrogen (secondary N) is 1. The number of anilines is 1. The molecule has 0 fully saturated rings. The van der Waals surface area contributed by atoms with E-state index in [1.807, 2.05) is 62.1 Å². The van der Waals surface area contributed by atoms with Crippen molar-refractivity contribution in [2.75, 3.05) is 19.0 Å². The zero-order valence-electron chi connectivity index (χ0n) is 15.2. The molecule has 0 unspecified atom stereocenters. The molecule has 0 aliphatic heterocycles. The fourth-order valence-electron chi connectivity index (χ4n) is 2.58. The van der Waals surface area contributed by atoms with E-state index in [0.29, 0.717) is 17.3 Å². The lowest BCUT2D eigenvalue weighted by Crippen LogP contribution is -2.39. The van der Waals surface area contributed by atoms with Gasteiger partial charge in [-0.1, -0.05) is 41.9 Å². The molecular weight excluding hydrogens is 336 g/mol. The van der Waals surface area contributed by atoms with Gasteiger partial charge in [-0.25, -0.2) is 0 Å². The molecule has 0 saturated heterocycles. The fourth-order valence-corrected chi connectivity index (χ4v) is 2.74. The number of hydrogen-bond acceptors (Lipinski definition) is 3. The molecule has 5 heteroatoms. The summed E-state index contributed by atoms with van der Waals surface area (Å²) >= 11 is 6.13. The zero-order valence-corrected chi connectivity index (χ0v) is 15.9. The van der Waals surface area contributed by atoms with Gasteiger partial charge in [0.05, 0.1) is 19.3 Å².